The molecule has 0 aliphatic heterocycles. The molecule has 5 heteroatoms. The number of nitrogens with zero attached hydrogens (tertiary/aromatic N) is 3. The Bertz CT molecular complexity index is 834. The second-order valence-electron chi connectivity index (χ2n) is 5.13. The van der Waals surface area contributed by atoms with Crippen molar-refractivity contribution in [2.24, 2.45) is 0 Å². The first-order valence-electron chi connectivity index (χ1n) is 7.23. The fourth-order valence-electron chi connectivity index (χ4n) is 2.44. The molecule has 0 saturated heterocycles. The van der Waals surface area contributed by atoms with Crippen LogP contribution in [0.25, 0.3) is 0 Å². The number of anilines is 1. The van der Waals surface area contributed by atoms with Gasteiger partial charge in [0.05, 0.1) is 12.0 Å². The fraction of sp³-hybridized carbons (Fsp3) is 0.111. The zero-order chi connectivity index (χ0) is 16.1. The van der Waals surface area contributed by atoms with E-state index >= 15 is 0 Å². The number of halogens is 1. The molecular weight excluding hydrogens is 291 g/mol. The lowest BCUT2D eigenvalue weighted by atomic mass is 10.1. The van der Waals surface area contributed by atoms with Gasteiger partial charge >= 0.3 is 0 Å². The monoisotopic (exact) mass is 306 g/mol. The third kappa shape index (κ3) is 3.38. The summed E-state index contributed by atoms with van der Waals surface area (Å²) in [5.74, 6) is -0.510. The molecule has 0 radical (unpaired) electrons. The van der Waals surface area contributed by atoms with Crippen LogP contribution in [0.15, 0.2) is 61.2 Å². The summed E-state index contributed by atoms with van der Waals surface area (Å²) < 4.78 is 15.6. The van der Waals surface area contributed by atoms with E-state index in [2.05, 4.69) is 10.3 Å². The maximum absolute atomic E-state index is 13.6. The van der Waals surface area contributed by atoms with Gasteiger partial charge in [0.25, 0.3) is 0 Å². The summed E-state index contributed by atoms with van der Waals surface area (Å²) in [4.78, 5) is 4.04. The van der Waals surface area contributed by atoms with Gasteiger partial charge in [-0.1, -0.05) is 30.3 Å². The molecule has 0 atom stereocenters. The Kier molecular flexibility index (Phi) is 4.34. The van der Waals surface area contributed by atoms with Gasteiger partial charge in [-0.25, -0.2) is 9.37 Å². The van der Waals surface area contributed by atoms with Crippen LogP contribution >= 0.6 is 0 Å². The summed E-state index contributed by atoms with van der Waals surface area (Å²) in [6.07, 6.45) is 5.42. The minimum atomic E-state index is -0.510. The molecule has 1 heterocycles. The minimum absolute atomic E-state index is 0.0413. The van der Waals surface area contributed by atoms with Crippen molar-refractivity contribution in [1.82, 2.24) is 9.55 Å². The quantitative estimate of drug-likeness (QED) is 0.784. The average molecular weight is 306 g/mol. The van der Waals surface area contributed by atoms with Crippen molar-refractivity contribution in [3.63, 3.8) is 0 Å². The van der Waals surface area contributed by atoms with Crippen molar-refractivity contribution in [3.05, 3.63) is 83.7 Å². The highest BCUT2D eigenvalue weighted by molar-refractivity contribution is 5.58. The van der Waals surface area contributed by atoms with Crippen molar-refractivity contribution in [2.45, 2.75) is 13.1 Å². The van der Waals surface area contributed by atoms with Gasteiger partial charge in [0.2, 0.25) is 0 Å². The van der Waals surface area contributed by atoms with Crippen molar-refractivity contribution in [3.8, 4) is 6.07 Å². The zero-order valence-corrected chi connectivity index (χ0v) is 12.4. The Hall–Kier alpha value is -3.13. The lowest BCUT2D eigenvalue weighted by molar-refractivity contribution is 0.624. The van der Waals surface area contributed by atoms with Crippen LogP contribution in [0, 0.1) is 17.1 Å². The summed E-state index contributed by atoms with van der Waals surface area (Å²) in [6, 6.07) is 14.5. The molecule has 0 spiro atoms. The van der Waals surface area contributed by atoms with Crippen LogP contribution in [0.2, 0.25) is 0 Å². The van der Waals surface area contributed by atoms with Crippen LogP contribution in [0.5, 0.6) is 0 Å². The molecule has 2 aromatic carbocycles. The molecule has 1 aromatic heterocycles. The number of rotatable bonds is 5. The van der Waals surface area contributed by atoms with Crippen LogP contribution < -0.4 is 5.32 Å². The van der Waals surface area contributed by atoms with Crippen molar-refractivity contribution in [1.29, 1.82) is 5.26 Å². The Morgan fingerprint density at radius 1 is 1.13 bits per heavy atom. The molecular formula is C18H15FN4. The van der Waals surface area contributed by atoms with Crippen LogP contribution in [0.4, 0.5) is 10.1 Å². The van der Waals surface area contributed by atoms with E-state index in [0.717, 1.165) is 11.1 Å². The normalized spacial score (nSPS) is 10.3. The highest BCUT2D eigenvalue weighted by atomic mass is 19.1. The Balaban J connectivity index is 1.79. The summed E-state index contributed by atoms with van der Waals surface area (Å²) in [6.45, 7) is 1.23. The number of hydrogen-bond donors (Lipinski definition) is 1. The first kappa shape index (κ1) is 14.8. The van der Waals surface area contributed by atoms with Crippen molar-refractivity contribution < 1.29 is 4.39 Å². The largest absolute Gasteiger partial charge is 0.380 e. The predicted molar refractivity (Wildman–Crippen MR) is 86.2 cm³/mol. The molecule has 0 fully saturated rings. The predicted octanol–water partition coefficient (Wildman–Crippen LogP) is 3.55. The SMILES string of the molecule is N#Cc1c(F)cccc1NCc1ccccc1Cn1ccnc1. The van der Waals surface area contributed by atoms with Crippen LogP contribution in [-0.2, 0) is 13.1 Å². The molecule has 0 aliphatic rings. The topological polar surface area (TPSA) is 53.6 Å². The Labute approximate surface area is 133 Å². The third-order valence-corrected chi connectivity index (χ3v) is 3.63. The van der Waals surface area contributed by atoms with Gasteiger partial charge in [-0.05, 0) is 23.3 Å². The molecule has 0 unspecified atom stereocenters. The van der Waals surface area contributed by atoms with Crippen LogP contribution in [0.3, 0.4) is 0 Å². The maximum Gasteiger partial charge on any atom is 0.143 e. The van der Waals surface area contributed by atoms with E-state index in [1.807, 2.05) is 41.1 Å². The van der Waals surface area contributed by atoms with E-state index < -0.39 is 5.82 Å². The number of benzene rings is 2. The molecule has 3 aromatic rings. The van der Waals surface area contributed by atoms with Gasteiger partial charge in [0.1, 0.15) is 17.4 Å². The molecule has 114 valence electrons. The van der Waals surface area contributed by atoms with Gasteiger partial charge in [-0.2, -0.15) is 5.26 Å². The summed E-state index contributed by atoms with van der Waals surface area (Å²) >= 11 is 0. The van der Waals surface area contributed by atoms with Gasteiger partial charge in [-0.3, -0.25) is 0 Å². The van der Waals surface area contributed by atoms with Gasteiger partial charge in [-0.15, -0.1) is 0 Å². The first-order valence-corrected chi connectivity index (χ1v) is 7.23. The molecule has 0 aliphatic carbocycles. The number of nitriles is 1. The van der Waals surface area contributed by atoms with E-state index in [1.54, 1.807) is 24.7 Å². The van der Waals surface area contributed by atoms with Crippen LogP contribution in [0.1, 0.15) is 16.7 Å². The van der Waals surface area contributed by atoms with Crippen molar-refractivity contribution >= 4 is 5.69 Å². The number of aromatic nitrogens is 2. The smallest absolute Gasteiger partial charge is 0.143 e. The summed E-state index contributed by atoms with van der Waals surface area (Å²) in [5, 5.41) is 12.2. The highest BCUT2D eigenvalue weighted by Gasteiger charge is 2.08. The minimum Gasteiger partial charge on any atom is -0.380 e. The van der Waals surface area contributed by atoms with Gasteiger partial charge in [0, 0.05) is 25.5 Å². The molecule has 1 N–H and O–H groups in total. The maximum atomic E-state index is 13.6. The van der Waals surface area contributed by atoms with Gasteiger partial charge in [0.15, 0.2) is 0 Å². The molecule has 0 saturated carbocycles. The van der Waals surface area contributed by atoms with E-state index in [9.17, 15) is 4.39 Å². The van der Waals surface area contributed by atoms with E-state index in [0.29, 0.717) is 18.8 Å². The van der Waals surface area contributed by atoms with E-state index in [1.165, 1.54) is 6.07 Å². The molecule has 23 heavy (non-hydrogen) atoms. The average Bonchev–Trinajstić information content (AvgIpc) is 3.07. The standard InChI is InChI=1S/C18H15FN4/c19-17-6-3-7-18(16(17)10-20)22-11-14-4-1-2-5-15(14)12-23-9-8-21-13-23/h1-9,13,22H,11-12H2. The Morgan fingerprint density at radius 3 is 2.70 bits per heavy atom. The molecule has 0 amide bonds. The van der Waals surface area contributed by atoms with Crippen LogP contribution in [-0.4, -0.2) is 9.55 Å². The lowest BCUT2D eigenvalue weighted by Crippen LogP contribution is -2.07. The summed E-state index contributed by atoms with van der Waals surface area (Å²) in [7, 11) is 0. The number of hydrogen-bond acceptors (Lipinski definition) is 3. The molecule has 0 bridgehead atoms. The lowest BCUT2D eigenvalue weighted by Gasteiger charge is -2.13. The number of imidazole rings is 1. The zero-order valence-electron chi connectivity index (χ0n) is 12.4. The first-order chi connectivity index (χ1) is 11.3. The second-order valence-corrected chi connectivity index (χ2v) is 5.13. The summed E-state index contributed by atoms with van der Waals surface area (Å²) in [5.41, 5.74) is 2.78. The van der Waals surface area contributed by atoms with E-state index in [-0.39, 0.29) is 5.56 Å². The highest BCUT2D eigenvalue weighted by Crippen LogP contribution is 2.19. The molecule has 4 nitrogen and oxygen atoms in total. The third-order valence-electron chi connectivity index (χ3n) is 3.63. The van der Waals surface area contributed by atoms with Gasteiger partial charge < -0.3 is 9.88 Å². The van der Waals surface area contributed by atoms with E-state index in [4.69, 9.17) is 5.26 Å². The fourth-order valence-corrected chi connectivity index (χ4v) is 2.44. The van der Waals surface area contributed by atoms with Crippen molar-refractivity contribution in [2.75, 3.05) is 5.32 Å². The molecule has 3 rings (SSSR count). The second kappa shape index (κ2) is 6.75. The Morgan fingerprint density at radius 2 is 1.96 bits per heavy atom. The number of nitrogens with one attached hydrogen (secondary N) is 1.